The van der Waals surface area contributed by atoms with Crippen LogP contribution in [0.3, 0.4) is 0 Å². The Kier molecular flexibility index (Phi) is 4.00. The largest absolute Gasteiger partial charge is 0.309 e. The van der Waals surface area contributed by atoms with E-state index in [9.17, 15) is 0 Å². The number of hydrogen-bond acceptors (Lipinski definition) is 2. The Morgan fingerprint density at radius 1 is 1.29 bits per heavy atom. The normalized spacial score (nSPS) is 26.0. The molecule has 1 aliphatic rings. The second-order valence-corrected chi connectivity index (χ2v) is 6.79. The number of alkyl halides is 1. The molecule has 1 aliphatic carbocycles. The summed E-state index contributed by atoms with van der Waals surface area (Å²) >= 11 is 6.01. The Bertz CT molecular complexity index is 642. The molecule has 116 valence electrons. The van der Waals surface area contributed by atoms with E-state index in [1.165, 1.54) is 18.5 Å². The van der Waals surface area contributed by atoms with Crippen LogP contribution in [-0.4, -0.2) is 25.2 Å². The average Bonchev–Trinajstić information content (AvgIpc) is 3.07. The maximum Gasteiger partial charge on any atom is 0.158 e. The Morgan fingerprint density at radius 3 is 2.62 bits per heavy atom. The highest BCUT2D eigenvalue weighted by Crippen LogP contribution is 2.42. The van der Waals surface area contributed by atoms with Crippen molar-refractivity contribution in [2.24, 2.45) is 18.9 Å². The van der Waals surface area contributed by atoms with Crippen LogP contribution in [0, 0.1) is 11.8 Å². The number of aryl methyl sites for hydroxylation is 3. The van der Waals surface area contributed by atoms with Crippen LogP contribution in [0.25, 0.3) is 11.2 Å². The highest BCUT2D eigenvalue weighted by atomic mass is 35.5. The SMILES string of the molecule is CCc1nn(C)c2c1nc(CCCl)n2C1CCC(C)C1C. The number of hydrogen-bond donors (Lipinski definition) is 0. The van der Waals surface area contributed by atoms with Crippen molar-refractivity contribution in [3.8, 4) is 0 Å². The maximum atomic E-state index is 6.01. The molecule has 0 aromatic carbocycles. The van der Waals surface area contributed by atoms with E-state index in [4.69, 9.17) is 16.6 Å². The van der Waals surface area contributed by atoms with Gasteiger partial charge < -0.3 is 4.57 Å². The first-order valence-electron chi connectivity index (χ1n) is 8.07. The quantitative estimate of drug-likeness (QED) is 0.807. The molecule has 5 heteroatoms. The molecule has 2 heterocycles. The third-order valence-corrected chi connectivity index (χ3v) is 5.41. The van der Waals surface area contributed by atoms with Crippen LogP contribution < -0.4 is 0 Å². The molecular weight excluding hydrogens is 284 g/mol. The van der Waals surface area contributed by atoms with E-state index in [1.807, 2.05) is 11.7 Å². The Balaban J connectivity index is 2.18. The van der Waals surface area contributed by atoms with Crippen LogP contribution in [0.15, 0.2) is 0 Å². The monoisotopic (exact) mass is 308 g/mol. The van der Waals surface area contributed by atoms with Gasteiger partial charge in [0.25, 0.3) is 0 Å². The van der Waals surface area contributed by atoms with Gasteiger partial charge in [0.1, 0.15) is 11.3 Å². The van der Waals surface area contributed by atoms with E-state index < -0.39 is 0 Å². The molecule has 21 heavy (non-hydrogen) atoms. The zero-order chi connectivity index (χ0) is 15.1. The summed E-state index contributed by atoms with van der Waals surface area (Å²) < 4.78 is 4.45. The van der Waals surface area contributed by atoms with Crippen molar-refractivity contribution in [2.75, 3.05) is 5.88 Å². The summed E-state index contributed by atoms with van der Waals surface area (Å²) in [4.78, 5) is 4.89. The van der Waals surface area contributed by atoms with Crippen molar-refractivity contribution in [2.45, 2.75) is 52.5 Å². The number of halogens is 1. The molecule has 0 aliphatic heterocycles. The van der Waals surface area contributed by atoms with Crippen LogP contribution in [0.5, 0.6) is 0 Å². The van der Waals surface area contributed by atoms with Gasteiger partial charge in [-0.15, -0.1) is 11.6 Å². The minimum Gasteiger partial charge on any atom is -0.309 e. The van der Waals surface area contributed by atoms with Crippen LogP contribution >= 0.6 is 11.6 Å². The third kappa shape index (κ3) is 2.28. The fourth-order valence-electron chi connectivity index (χ4n) is 3.80. The first-order valence-corrected chi connectivity index (χ1v) is 8.60. The molecular formula is C16H25ClN4. The summed E-state index contributed by atoms with van der Waals surface area (Å²) in [6.45, 7) is 6.87. The van der Waals surface area contributed by atoms with E-state index in [-0.39, 0.29) is 0 Å². The predicted octanol–water partition coefficient (Wildman–Crippen LogP) is 3.72. The third-order valence-electron chi connectivity index (χ3n) is 5.22. The standard InChI is InChI=1S/C16H25ClN4/c1-5-12-15-16(20(4)19-12)21(14(18-15)8-9-17)13-7-6-10(2)11(13)3/h10-11,13H,5-9H2,1-4H3. The van der Waals surface area contributed by atoms with E-state index in [1.54, 1.807) is 0 Å². The molecule has 2 aromatic heterocycles. The van der Waals surface area contributed by atoms with Gasteiger partial charge in [0, 0.05) is 25.4 Å². The summed E-state index contributed by atoms with van der Waals surface area (Å²) in [7, 11) is 2.03. The van der Waals surface area contributed by atoms with Crippen LogP contribution in [-0.2, 0) is 19.9 Å². The number of nitrogens with zero attached hydrogens (tertiary/aromatic N) is 4. The number of rotatable bonds is 4. The zero-order valence-corrected chi connectivity index (χ0v) is 14.2. The fourth-order valence-corrected chi connectivity index (χ4v) is 3.97. The molecule has 0 N–H and O–H groups in total. The fraction of sp³-hybridized carbons (Fsp3) is 0.750. The second kappa shape index (κ2) is 5.64. The van der Waals surface area contributed by atoms with Crippen molar-refractivity contribution < 1.29 is 0 Å². The van der Waals surface area contributed by atoms with Gasteiger partial charge in [0.15, 0.2) is 5.65 Å². The lowest BCUT2D eigenvalue weighted by Crippen LogP contribution is -2.18. The minimum atomic E-state index is 0.531. The van der Waals surface area contributed by atoms with Crippen molar-refractivity contribution in [1.29, 1.82) is 0 Å². The topological polar surface area (TPSA) is 35.6 Å². The van der Waals surface area contributed by atoms with Gasteiger partial charge in [-0.3, -0.25) is 4.68 Å². The van der Waals surface area contributed by atoms with Crippen LogP contribution in [0.1, 0.15) is 51.2 Å². The van der Waals surface area contributed by atoms with Crippen molar-refractivity contribution in [3.05, 3.63) is 11.5 Å². The van der Waals surface area contributed by atoms with Gasteiger partial charge in [-0.25, -0.2) is 4.98 Å². The molecule has 3 atom stereocenters. The number of fused-ring (bicyclic) bond motifs is 1. The van der Waals surface area contributed by atoms with Gasteiger partial charge >= 0.3 is 0 Å². The lowest BCUT2D eigenvalue weighted by Gasteiger charge is -2.22. The average molecular weight is 309 g/mol. The second-order valence-electron chi connectivity index (χ2n) is 6.41. The molecule has 0 saturated heterocycles. The Morgan fingerprint density at radius 2 is 2.05 bits per heavy atom. The van der Waals surface area contributed by atoms with Gasteiger partial charge in [-0.2, -0.15) is 5.10 Å². The van der Waals surface area contributed by atoms with Gasteiger partial charge in [0.05, 0.1) is 5.69 Å². The Labute approximate surface area is 131 Å². The predicted molar refractivity (Wildman–Crippen MR) is 86.9 cm³/mol. The van der Waals surface area contributed by atoms with E-state index in [2.05, 4.69) is 30.4 Å². The molecule has 3 rings (SSSR count). The highest BCUT2D eigenvalue weighted by molar-refractivity contribution is 6.17. The van der Waals surface area contributed by atoms with E-state index >= 15 is 0 Å². The van der Waals surface area contributed by atoms with Gasteiger partial charge in [-0.05, 0) is 31.1 Å². The first kappa shape index (κ1) is 14.9. The first-order chi connectivity index (χ1) is 10.1. The molecule has 0 spiro atoms. The molecule has 2 aromatic rings. The van der Waals surface area contributed by atoms with Crippen molar-refractivity contribution >= 4 is 22.8 Å². The summed E-state index contributed by atoms with van der Waals surface area (Å²) in [5, 5.41) is 4.65. The lowest BCUT2D eigenvalue weighted by atomic mass is 9.97. The minimum absolute atomic E-state index is 0.531. The molecule has 0 amide bonds. The lowest BCUT2D eigenvalue weighted by molar-refractivity contribution is 0.349. The van der Waals surface area contributed by atoms with Crippen molar-refractivity contribution in [3.63, 3.8) is 0 Å². The summed E-state index contributed by atoms with van der Waals surface area (Å²) in [5.74, 6) is 3.20. The summed E-state index contributed by atoms with van der Waals surface area (Å²) in [5.41, 5.74) is 3.35. The van der Waals surface area contributed by atoms with E-state index in [0.29, 0.717) is 17.8 Å². The molecule has 3 unspecified atom stereocenters. The molecule has 1 saturated carbocycles. The smallest absolute Gasteiger partial charge is 0.158 e. The van der Waals surface area contributed by atoms with Gasteiger partial charge in [0.2, 0.25) is 0 Å². The summed E-state index contributed by atoms with van der Waals surface area (Å²) in [6, 6.07) is 0.531. The summed E-state index contributed by atoms with van der Waals surface area (Å²) in [6.07, 6.45) is 4.28. The number of aromatic nitrogens is 4. The van der Waals surface area contributed by atoms with E-state index in [0.717, 1.165) is 35.8 Å². The molecule has 0 radical (unpaired) electrons. The highest BCUT2D eigenvalue weighted by Gasteiger charge is 2.34. The van der Waals surface area contributed by atoms with Crippen molar-refractivity contribution in [1.82, 2.24) is 19.3 Å². The molecule has 0 bridgehead atoms. The maximum absolute atomic E-state index is 6.01. The molecule has 4 nitrogen and oxygen atoms in total. The zero-order valence-electron chi connectivity index (χ0n) is 13.4. The molecule has 1 fully saturated rings. The Hall–Kier alpha value is -1.03. The van der Waals surface area contributed by atoms with Gasteiger partial charge in [-0.1, -0.05) is 20.8 Å². The number of imidazole rings is 1. The van der Waals surface area contributed by atoms with Crippen LogP contribution in [0.2, 0.25) is 0 Å². The van der Waals surface area contributed by atoms with Crippen LogP contribution in [0.4, 0.5) is 0 Å².